The average Bonchev–Trinajstić information content (AvgIpc) is 3.41. The van der Waals surface area contributed by atoms with Gasteiger partial charge in [0.1, 0.15) is 17.3 Å². The molecule has 4 heterocycles. The average molecular weight is 599 g/mol. The fourth-order valence-electron chi connectivity index (χ4n) is 6.10. The Balaban J connectivity index is 1.07. The van der Waals surface area contributed by atoms with E-state index in [1.807, 2.05) is 0 Å². The van der Waals surface area contributed by atoms with Crippen LogP contribution in [-0.4, -0.2) is 44.6 Å². The number of hydrogen-bond donors (Lipinski definition) is 1. The van der Waals surface area contributed by atoms with Gasteiger partial charge in [0.05, 0.1) is 28.3 Å². The summed E-state index contributed by atoms with van der Waals surface area (Å²) in [4.78, 5) is 17.8. The first-order valence-corrected chi connectivity index (χ1v) is 14.3. The largest absolute Gasteiger partial charge is 0.478 e. The van der Waals surface area contributed by atoms with Gasteiger partial charge in [0, 0.05) is 34.7 Å². The Kier molecular flexibility index (Phi) is 6.72. The van der Waals surface area contributed by atoms with Gasteiger partial charge in [-0.3, -0.25) is 0 Å². The summed E-state index contributed by atoms with van der Waals surface area (Å²) < 4.78 is 31.9. The van der Waals surface area contributed by atoms with Crippen LogP contribution in [-0.2, 0) is 11.3 Å². The number of anilines is 1. The lowest BCUT2D eigenvalue weighted by atomic mass is 9.99. The molecule has 4 aromatic rings. The first-order valence-electron chi connectivity index (χ1n) is 13.6. The zero-order valence-electron chi connectivity index (χ0n) is 21.7. The minimum Gasteiger partial charge on any atom is -0.478 e. The molecule has 0 spiro atoms. The number of carboxylic acids is 1. The normalized spacial score (nSPS) is 21.9. The highest BCUT2D eigenvalue weighted by molar-refractivity contribution is 6.39. The number of nitrogens with zero attached hydrogens (tertiary/aromatic N) is 4. The molecule has 3 aliphatic rings. The van der Waals surface area contributed by atoms with Crippen molar-refractivity contribution in [2.24, 2.45) is 0 Å². The number of carboxylic acid groups (broad SMARTS) is 1. The van der Waals surface area contributed by atoms with Gasteiger partial charge in [0.2, 0.25) is 0 Å². The zero-order chi connectivity index (χ0) is 28.2. The van der Waals surface area contributed by atoms with Gasteiger partial charge in [-0.25, -0.2) is 9.18 Å². The Hall–Kier alpha value is -3.47. The van der Waals surface area contributed by atoms with Crippen molar-refractivity contribution in [1.82, 2.24) is 15.3 Å². The highest BCUT2D eigenvalue weighted by atomic mass is 35.5. The predicted molar refractivity (Wildman–Crippen MR) is 148 cm³/mol. The molecule has 3 fully saturated rings. The van der Waals surface area contributed by atoms with E-state index in [1.54, 1.807) is 18.2 Å². The topological polar surface area (TPSA) is 115 Å². The third kappa shape index (κ3) is 4.87. The Bertz CT molecular complexity index is 1600. The second-order valence-corrected chi connectivity index (χ2v) is 11.7. The molecule has 2 aromatic carbocycles. The van der Waals surface area contributed by atoms with Crippen molar-refractivity contribution in [3.05, 3.63) is 69.1 Å². The SMILES string of the molecule is O=C(O)c1ccc(-c2nc(N3C4CCC3CC(OCc3c(-c5c(Cl)cccc5Cl)noc3C3CC3)C4)no2)cc1F. The van der Waals surface area contributed by atoms with Crippen LogP contribution in [0.5, 0.6) is 0 Å². The van der Waals surface area contributed by atoms with E-state index >= 15 is 0 Å². The van der Waals surface area contributed by atoms with Crippen LogP contribution in [0, 0.1) is 5.82 Å². The number of rotatable bonds is 8. The fraction of sp³-hybridized carbons (Fsp3) is 0.379. The van der Waals surface area contributed by atoms with Gasteiger partial charge in [-0.15, -0.1) is 0 Å². The minimum absolute atomic E-state index is 0.0179. The van der Waals surface area contributed by atoms with Gasteiger partial charge in [0.25, 0.3) is 11.8 Å². The van der Waals surface area contributed by atoms with Crippen LogP contribution >= 0.6 is 23.2 Å². The van der Waals surface area contributed by atoms with Crippen molar-refractivity contribution < 1.29 is 28.1 Å². The summed E-state index contributed by atoms with van der Waals surface area (Å²) >= 11 is 13.0. The third-order valence-electron chi connectivity index (χ3n) is 8.21. The molecule has 1 aliphatic carbocycles. The molecule has 2 saturated heterocycles. The lowest BCUT2D eigenvalue weighted by Crippen LogP contribution is -2.46. The van der Waals surface area contributed by atoms with Gasteiger partial charge >= 0.3 is 5.97 Å². The second kappa shape index (κ2) is 10.4. The number of hydrogen-bond acceptors (Lipinski definition) is 8. The molecule has 2 aliphatic heterocycles. The van der Waals surface area contributed by atoms with Crippen molar-refractivity contribution in [1.29, 1.82) is 0 Å². The molecule has 1 saturated carbocycles. The molecule has 1 N–H and O–H groups in total. The summed E-state index contributed by atoms with van der Waals surface area (Å²) in [5.41, 5.74) is 2.11. The van der Waals surface area contributed by atoms with Crippen LogP contribution in [0.2, 0.25) is 10.0 Å². The lowest BCUT2D eigenvalue weighted by Gasteiger charge is -2.37. The van der Waals surface area contributed by atoms with Gasteiger partial charge in [-0.2, -0.15) is 4.98 Å². The van der Waals surface area contributed by atoms with Crippen LogP contribution < -0.4 is 4.90 Å². The number of ether oxygens (including phenoxy) is 1. The van der Waals surface area contributed by atoms with E-state index in [9.17, 15) is 9.18 Å². The molecule has 7 rings (SSSR count). The number of halogens is 3. The summed E-state index contributed by atoms with van der Waals surface area (Å²) in [5.74, 6) is -0.415. The summed E-state index contributed by atoms with van der Waals surface area (Å²) in [7, 11) is 0. The molecule has 2 aromatic heterocycles. The van der Waals surface area contributed by atoms with Crippen LogP contribution in [0.4, 0.5) is 10.3 Å². The molecule has 9 nitrogen and oxygen atoms in total. The number of piperidine rings is 1. The van der Waals surface area contributed by atoms with Gasteiger partial charge < -0.3 is 23.8 Å². The molecule has 12 heteroatoms. The molecular formula is C29H25Cl2FN4O5. The van der Waals surface area contributed by atoms with Crippen LogP contribution in [0.3, 0.4) is 0 Å². The molecule has 2 unspecified atom stereocenters. The molecule has 2 bridgehead atoms. The van der Waals surface area contributed by atoms with E-state index in [0.717, 1.165) is 55.9 Å². The predicted octanol–water partition coefficient (Wildman–Crippen LogP) is 7.13. The Labute approximate surface area is 244 Å². The van der Waals surface area contributed by atoms with Gasteiger partial charge in [0.15, 0.2) is 0 Å². The Morgan fingerprint density at radius 3 is 2.44 bits per heavy atom. The van der Waals surface area contributed by atoms with Gasteiger partial charge in [-0.05, 0) is 74.0 Å². The Morgan fingerprint density at radius 2 is 1.78 bits per heavy atom. The molecule has 212 valence electrons. The minimum atomic E-state index is -1.33. The lowest BCUT2D eigenvalue weighted by molar-refractivity contribution is 0.0144. The van der Waals surface area contributed by atoms with Crippen molar-refractivity contribution in [3.8, 4) is 22.7 Å². The number of aromatic carboxylic acids is 1. The van der Waals surface area contributed by atoms with E-state index in [4.69, 9.17) is 42.1 Å². The van der Waals surface area contributed by atoms with E-state index in [-0.39, 0.29) is 24.1 Å². The first kappa shape index (κ1) is 26.4. The first-order chi connectivity index (χ1) is 19.9. The van der Waals surface area contributed by atoms with Crippen LogP contribution in [0.1, 0.15) is 66.1 Å². The maximum absolute atomic E-state index is 14.2. The quantitative estimate of drug-likeness (QED) is 0.226. The fourth-order valence-corrected chi connectivity index (χ4v) is 6.68. The van der Waals surface area contributed by atoms with E-state index < -0.39 is 17.3 Å². The van der Waals surface area contributed by atoms with Crippen LogP contribution in [0.15, 0.2) is 45.4 Å². The van der Waals surface area contributed by atoms with E-state index in [1.165, 1.54) is 12.1 Å². The highest BCUT2D eigenvalue weighted by Gasteiger charge is 2.43. The maximum Gasteiger partial charge on any atom is 0.338 e. The summed E-state index contributed by atoms with van der Waals surface area (Å²) in [5, 5.41) is 18.6. The van der Waals surface area contributed by atoms with Crippen molar-refractivity contribution >= 4 is 35.1 Å². The molecule has 0 radical (unpaired) electrons. The van der Waals surface area contributed by atoms with Crippen LogP contribution in [0.25, 0.3) is 22.7 Å². The third-order valence-corrected chi connectivity index (χ3v) is 8.84. The summed E-state index contributed by atoms with van der Waals surface area (Å²) in [6.07, 6.45) is 5.65. The second-order valence-electron chi connectivity index (χ2n) is 10.8. The van der Waals surface area contributed by atoms with Crippen molar-refractivity contribution in [2.75, 3.05) is 4.90 Å². The number of aromatic nitrogens is 3. The standard InChI is InChI=1S/C29H25Cl2FN4O5/c30-21-2-1-3-22(31)24(21)25-20(26(40-34-25)14-4-5-14)13-39-18-11-16-7-8-17(12-18)36(16)29-33-27(41-35-29)15-6-9-19(28(37)38)23(32)10-15/h1-3,6,9-10,14,16-18H,4-5,7-8,11-13H2,(H,37,38). The molecule has 0 amide bonds. The molecular weight excluding hydrogens is 574 g/mol. The highest BCUT2D eigenvalue weighted by Crippen LogP contribution is 2.47. The monoisotopic (exact) mass is 598 g/mol. The maximum atomic E-state index is 14.2. The number of carbonyl (C=O) groups is 1. The van der Waals surface area contributed by atoms with Gasteiger partial charge in [-0.1, -0.05) is 34.4 Å². The van der Waals surface area contributed by atoms with Crippen molar-refractivity contribution in [2.45, 2.75) is 69.2 Å². The smallest absolute Gasteiger partial charge is 0.338 e. The number of benzene rings is 2. The number of fused-ring (bicyclic) bond motifs is 2. The summed E-state index contributed by atoms with van der Waals surface area (Å²) in [6, 6.07) is 9.46. The molecule has 2 atom stereocenters. The van der Waals surface area contributed by atoms with E-state index in [2.05, 4.69) is 20.2 Å². The summed E-state index contributed by atoms with van der Waals surface area (Å²) in [6.45, 7) is 0.348. The molecule has 41 heavy (non-hydrogen) atoms. The van der Waals surface area contributed by atoms with E-state index in [0.29, 0.717) is 45.3 Å². The Morgan fingerprint density at radius 1 is 1.05 bits per heavy atom. The zero-order valence-corrected chi connectivity index (χ0v) is 23.2. The van der Waals surface area contributed by atoms with Crippen molar-refractivity contribution in [3.63, 3.8) is 0 Å².